The molecule has 222 valence electrons. The molecule has 1 aromatic carbocycles. The van der Waals surface area contributed by atoms with Crippen LogP contribution >= 0.6 is 0 Å². The van der Waals surface area contributed by atoms with Crippen LogP contribution in [0.15, 0.2) is 55.3 Å². The van der Waals surface area contributed by atoms with Crippen LogP contribution in [0.25, 0.3) is 5.57 Å². The highest BCUT2D eigenvalue weighted by molar-refractivity contribution is 5.61. The maximum Gasteiger partial charge on any atom is 0.0177 e. The first-order valence-electron chi connectivity index (χ1n) is 15.6. The van der Waals surface area contributed by atoms with Crippen LogP contribution in [0.5, 0.6) is 0 Å². The van der Waals surface area contributed by atoms with Gasteiger partial charge in [-0.2, -0.15) is 0 Å². The van der Waals surface area contributed by atoms with E-state index in [1.54, 1.807) is 0 Å². The fourth-order valence-corrected chi connectivity index (χ4v) is 5.83. The molecule has 0 unspecified atom stereocenters. The van der Waals surface area contributed by atoms with E-state index in [2.05, 4.69) is 125 Å². The number of hydrogen-bond donors (Lipinski definition) is 0. The summed E-state index contributed by atoms with van der Waals surface area (Å²) < 4.78 is 0. The van der Waals surface area contributed by atoms with Gasteiger partial charge in [-0.05, 0) is 104 Å². The van der Waals surface area contributed by atoms with E-state index in [4.69, 9.17) is 0 Å². The van der Waals surface area contributed by atoms with Crippen molar-refractivity contribution in [3.63, 3.8) is 0 Å². The Kier molecular flexibility index (Phi) is 13.3. The van der Waals surface area contributed by atoms with Crippen LogP contribution in [0.3, 0.4) is 0 Å². The van der Waals surface area contributed by atoms with E-state index in [-0.39, 0.29) is 5.41 Å². The minimum Gasteiger partial charge on any atom is -0.376 e. The Morgan fingerprint density at radius 1 is 0.641 bits per heavy atom. The second-order valence-electron chi connectivity index (χ2n) is 15.7. The Balaban J connectivity index is 0.000000292. The molecule has 1 saturated heterocycles. The molecule has 1 heterocycles. The summed E-state index contributed by atoms with van der Waals surface area (Å²) in [7, 11) is 0. The van der Waals surface area contributed by atoms with E-state index < -0.39 is 0 Å². The summed E-state index contributed by atoms with van der Waals surface area (Å²) in [6.07, 6.45) is 8.21. The molecule has 0 N–H and O–H groups in total. The Labute approximate surface area is 245 Å². The second-order valence-corrected chi connectivity index (χ2v) is 15.7. The summed E-state index contributed by atoms with van der Waals surface area (Å²) in [6, 6.07) is 8.65. The first-order chi connectivity index (χ1) is 17.7. The van der Waals surface area contributed by atoms with Gasteiger partial charge in [0.15, 0.2) is 0 Å². The van der Waals surface area contributed by atoms with E-state index in [0.717, 1.165) is 23.3 Å². The van der Waals surface area contributed by atoms with Crippen molar-refractivity contribution < 1.29 is 0 Å². The van der Waals surface area contributed by atoms with Crippen molar-refractivity contribution in [2.24, 2.45) is 28.6 Å². The van der Waals surface area contributed by atoms with E-state index >= 15 is 0 Å². The van der Waals surface area contributed by atoms with Crippen molar-refractivity contribution in [3.05, 3.63) is 66.4 Å². The molecule has 39 heavy (non-hydrogen) atoms. The Hall–Kier alpha value is -1.76. The van der Waals surface area contributed by atoms with Gasteiger partial charge in [-0.3, -0.25) is 0 Å². The molecule has 0 bridgehead atoms. The third-order valence-electron chi connectivity index (χ3n) is 9.15. The fourth-order valence-electron chi connectivity index (χ4n) is 5.83. The lowest BCUT2D eigenvalue weighted by Gasteiger charge is -2.39. The molecule has 0 spiro atoms. The van der Waals surface area contributed by atoms with Gasteiger partial charge in [0.1, 0.15) is 0 Å². The zero-order valence-corrected chi connectivity index (χ0v) is 28.3. The zero-order valence-electron chi connectivity index (χ0n) is 28.3. The summed E-state index contributed by atoms with van der Waals surface area (Å²) in [5.41, 5.74) is 7.60. The van der Waals surface area contributed by atoms with Crippen molar-refractivity contribution in [2.45, 2.75) is 127 Å². The molecule has 0 aromatic heterocycles. The maximum atomic E-state index is 4.07. The molecule has 0 atom stereocenters. The van der Waals surface area contributed by atoms with E-state index in [0.29, 0.717) is 10.8 Å². The summed E-state index contributed by atoms with van der Waals surface area (Å²) in [6.45, 7) is 41.6. The molecule has 1 aliphatic heterocycles. The van der Waals surface area contributed by atoms with Crippen molar-refractivity contribution in [3.8, 4) is 0 Å². The molecule has 2 aliphatic rings. The van der Waals surface area contributed by atoms with Crippen LogP contribution in [0.2, 0.25) is 0 Å². The maximum absolute atomic E-state index is 4.07. The molecule has 1 nitrogen and oxygen atoms in total. The second kappa shape index (κ2) is 14.7. The van der Waals surface area contributed by atoms with Crippen molar-refractivity contribution in [1.82, 2.24) is 4.90 Å². The van der Waals surface area contributed by atoms with Crippen molar-refractivity contribution in [2.75, 3.05) is 13.1 Å². The first kappa shape index (κ1) is 35.3. The van der Waals surface area contributed by atoms with Crippen LogP contribution in [0.1, 0.15) is 133 Å². The highest BCUT2D eigenvalue weighted by atomic mass is 15.1. The highest BCUT2D eigenvalue weighted by Crippen LogP contribution is 2.41. The van der Waals surface area contributed by atoms with Crippen LogP contribution < -0.4 is 0 Å². The molecule has 1 aliphatic carbocycles. The lowest BCUT2D eigenvalue weighted by molar-refractivity contribution is 0.133. The van der Waals surface area contributed by atoms with Gasteiger partial charge in [0.25, 0.3) is 0 Å². The van der Waals surface area contributed by atoms with Crippen LogP contribution in [0.4, 0.5) is 0 Å². The fraction of sp³-hybridized carbons (Fsp3) is 0.684. The van der Waals surface area contributed by atoms with Gasteiger partial charge >= 0.3 is 0 Å². The van der Waals surface area contributed by atoms with Gasteiger partial charge in [-0.1, -0.05) is 117 Å². The smallest absolute Gasteiger partial charge is 0.0177 e. The number of allylic oxidation sites excluding steroid dienone is 3. The average molecular weight is 536 g/mol. The third-order valence-corrected chi connectivity index (χ3v) is 9.15. The predicted molar refractivity (Wildman–Crippen MR) is 178 cm³/mol. The minimum absolute atomic E-state index is 0.244. The predicted octanol–water partition coefficient (Wildman–Crippen LogP) is 11.7. The lowest BCUT2D eigenvalue weighted by atomic mass is 9.69. The number of benzene rings is 1. The van der Waals surface area contributed by atoms with Crippen molar-refractivity contribution >= 4 is 5.57 Å². The molecule has 2 fully saturated rings. The summed E-state index contributed by atoms with van der Waals surface area (Å²) in [5, 5.41) is 0. The van der Waals surface area contributed by atoms with Gasteiger partial charge in [-0.25, -0.2) is 0 Å². The topological polar surface area (TPSA) is 3.24 Å². The Morgan fingerprint density at radius 2 is 1.05 bits per heavy atom. The van der Waals surface area contributed by atoms with E-state index in [1.807, 2.05) is 6.92 Å². The normalized spacial score (nSPS) is 20.7. The monoisotopic (exact) mass is 536 g/mol. The molecular formula is C38H65N. The molecule has 3 rings (SSSR count). The molecule has 1 aromatic rings. The standard InChI is InChI=1S/C13H24.C13H18.C12H23N/c2*1-10(2)11-6-8-12(9-7-11)13(3,4)5;1-10(2)13-8-6-11(7-9-13)12(3,4)5/h11-12H,1,6-9H2,2-5H3;6-9H,1H2,2-5H3;11H,1,6-9H2,2-5H3. The zero-order chi connectivity index (χ0) is 30.2. The number of rotatable bonds is 3. The Morgan fingerprint density at radius 3 is 1.36 bits per heavy atom. The highest BCUT2D eigenvalue weighted by Gasteiger charge is 2.30. The van der Waals surface area contributed by atoms with Crippen LogP contribution in [0, 0.1) is 28.6 Å². The minimum atomic E-state index is 0.244. The van der Waals surface area contributed by atoms with Crippen molar-refractivity contribution in [1.29, 1.82) is 0 Å². The Bertz CT molecular complexity index is 849. The van der Waals surface area contributed by atoms with Gasteiger partial charge < -0.3 is 4.90 Å². The lowest BCUT2D eigenvalue weighted by Crippen LogP contribution is -2.36. The van der Waals surface area contributed by atoms with E-state index in [9.17, 15) is 0 Å². The molecule has 1 heteroatoms. The summed E-state index contributed by atoms with van der Waals surface area (Å²) in [4.78, 5) is 2.40. The summed E-state index contributed by atoms with van der Waals surface area (Å²) in [5.74, 6) is 2.64. The van der Waals surface area contributed by atoms with Gasteiger partial charge in [0, 0.05) is 18.8 Å². The van der Waals surface area contributed by atoms with Gasteiger partial charge in [0.05, 0.1) is 0 Å². The number of likely N-dealkylation sites (tertiary alicyclic amines) is 1. The molecule has 1 saturated carbocycles. The molecular weight excluding hydrogens is 470 g/mol. The van der Waals surface area contributed by atoms with Crippen LogP contribution in [-0.4, -0.2) is 18.0 Å². The number of hydrogen-bond acceptors (Lipinski definition) is 1. The van der Waals surface area contributed by atoms with Crippen LogP contribution in [-0.2, 0) is 5.41 Å². The largest absolute Gasteiger partial charge is 0.376 e. The number of piperidine rings is 1. The molecule has 0 radical (unpaired) electrons. The number of nitrogens with zero attached hydrogens (tertiary/aromatic N) is 1. The first-order valence-corrected chi connectivity index (χ1v) is 15.6. The van der Waals surface area contributed by atoms with Gasteiger partial charge in [-0.15, -0.1) is 0 Å². The average Bonchev–Trinajstić information content (AvgIpc) is 2.83. The SMILES string of the molecule is C=C(C)C1CCC(C(C)(C)C)CC1.C=C(C)N1CCC(C(C)(C)C)CC1.C=C(C)c1ccc(C(C)(C)C)cc1. The third kappa shape index (κ3) is 12.5. The molecule has 0 amide bonds. The quantitative estimate of drug-likeness (QED) is 0.348. The van der Waals surface area contributed by atoms with E-state index in [1.165, 1.54) is 74.0 Å². The van der Waals surface area contributed by atoms with Gasteiger partial charge in [0.2, 0.25) is 0 Å². The summed E-state index contributed by atoms with van der Waals surface area (Å²) >= 11 is 0.